The van der Waals surface area contributed by atoms with Crippen LogP contribution in [0.3, 0.4) is 0 Å². The number of nitrogen functional groups attached to an aromatic ring is 2. The maximum atomic E-state index is 12.7. The molecule has 2 aromatic carbocycles. The van der Waals surface area contributed by atoms with Gasteiger partial charge in [-0.05, 0) is 23.1 Å². The summed E-state index contributed by atoms with van der Waals surface area (Å²) >= 11 is 0. The van der Waals surface area contributed by atoms with Crippen molar-refractivity contribution < 1.29 is 14.7 Å². The summed E-state index contributed by atoms with van der Waals surface area (Å²) in [5.74, 6) is -2.18. The van der Waals surface area contributed by atoms with Crippen molar-refractivity contribution in [2.24, 2.45) is 0 Å². The molecule has 34 heavy (non-hydrogen) atoms. The fourth-order valence-electron chi connectivity index (χ4n) is 4.05. The van der Waals surface area contributed by atoms with E-state index in [0.717, 1.165) is 27.3 Å². The molecule has 0 atom stereocenters. The van der Waals surface area contributed by atoms with Gasteiger partial charge in [-0.2, -0.15) is 9.50 Å². The molecule has 0 radical (unpaired) electrons. The summed E-state index contributed by atoms with van der Waals surface area (Å²) in [6, 6.07) is 6.82. The molecule has 172 valence electrons. The first-order valence-electron chi connectivity index (χ1n) is 10.2. The van der Waals surface area contributed by atoms with Crippen LogP contribution < -0.4 is 32.5 Å². The lowest BCUT2D eigenvalue weighted by Crippen LogP contribution is -2.44. The molecule has 1 aliphatic heterocycles. The summed E-state index contributed by atoms with van der Waals surface area (Å²) in [7, 11) is 0. The first-order chi connectivity index (χ1) is 16.2. The standard InChI is InChI=1S/C21H18N8O5/c22-14-15(17(31)16(14)30)28-4-3-10-2-1-9(5-11(10)8-28)7-24-18(32)12-6-13(19(33)34)29-21(25-12)26-20(23)27-29/h1-2,5-6H,3-4,7-8,22H2,(H2,23,27)(H,24,32)(H,33,34). The van der Waals surface area contributed by atoms with Crippen molar-refractivity contribution >= 4 is 35.0 Å². The molecule has 13 nitrogen and oxygen atoms in total. The molecule has 0 unspecified atom stereocenters. The topological polar surface area (TPSA) is 199 Å². The number of benzene rings is 1. The van der Waals surface area contributed by atoms with Crippen molar-refractivity contribution in [2.75, 3.05) is 22.9 Å². The Morgan fingerprint density at radius 3 is 2.62 bits per heavy atom. The molecule has 0 saturated heterocycles. The number of carbonyl (C=O) groups excluding carboxylic acids is 1. The molecule has 0 spiro atoms. The zero-order valence-corrected chi connectivity index (χ0v) is 17.6. The first kappa shape index (κ1) is 21.1. The predicted octanol–water partition coefficient (Wildman–Crippen LogP) is -0.924. The van der Waals surface area contributed by atoms with Crippen LogP contribution in [0.4, 0.5) is 17.3 Å². The third-order valence-corrected chi connectivity index (χ3v) is 5.75. The molecule has 13 heteroatoms. The van der Waals surface area contributed by atoms with Crippen LogP contribution in [-0.4, -0.2) is 43.1 Å². The van der Waals surface area contributed by atoms with E-state index in [1.54, 1.807) is 4.90 Å². The van der Waals surface area contributed by atoms with Gasteiger partial charge in [0.15, 0.2) is 5.69 Å². The molecule has 0 saturated carbocycles. The zero-order chi connectivity index (χ0) is 24.1. The minimum Gasteiger partial charge on any atom is -0.477 e. The normalized spacial score (nSPS) is 13.2. The monoisotopic (exact) mass is 462 g/mol. The van der Waals surface area contributed by atoms with E-state index in [1.807, 2.05) is 18.2 Å². The summed E-state index contributed by atoms with van der Waals surface area (Å²) in [5, 5.41) is 15.9. The van der Waals surface area contributed by atoms with Crippen molar-refractivity contribution in [1.29, 1.82) is 0 Å². The van der Waals surface area contributed by atoms with E-state index < -0.39 is 22.7 Å². The lowest BCUT2D eigenvalue weighted by molar-refractivity contribution is 0.0687. The lowest BCUT2D eigenvalue weighted by Gasteiger charge is -2.32. The molecule has 0 fully saturated rings. The summed E-state index contributed by atoms with van der Waals surface area (Å²) in [6.07, 6.45) is 0.684. The van der Waals surface area contributed by atoms with Crippen LogP contribution in [0.25, 0.3) is 5.78 Å². The Bertz CT molecular complexity index is 1570. The van der Waals surface area contributed by atoms with Crippen molar-refractivity contribution in [3.8, 4) is 0 Å². The van der Waals surface area contributed by atoms with Crippen LogP contribution in [0.15, 0.2) is 33.9 Å². The molecule has 0 bridgehead atoms. The summed E-state index contributed by atoms with van der Waals surface area (Å²) in [4.78, 5) is 57.2. The Labute approximate surface area is 190 Å². The second-order valence-corrected chi connectivity index (χ2v) is 7.89. The van der Waals surface area contributed by atoms with Gasteiger partial charge in [0.2, 0.25) is 5.95 Å². The van der Waals surface area contributed by atoms with Gasteiger partial charge in [-0.1, -0.05) is 18.2 Å². The third-order valence-electron chi connectivity index (χ3n) is 5.75. The number of carboxylic acids is 1. The average Bonchev–Trinajstić information content (AvgIpc) is 3.21. The molecule has 0 aliphatic carbocycles. The van der Waals surface area contributed by atoms with Crippen LogP contribution in [-0.2, 0) is 19.5 Å². The number of hydrogen-bond donors (Lipinski definition) is 4. The van der Waals surface area contributed by atoms with E-state index >= 15 is 0 Å². The number of anilines is 3. The Morgan fingerprint density at radius 2 is 1.88 bits per heavy atom. The van der Waals surface area contributed by atoms with Crippen LogP contribution in [0.2, 0.25) is 0 Å². The average molecular weight is 462 g/mol. The fourth-order valence-corrected chi connectivity index (χ4v) is 4.05. The third kappa shape index (κ3) is 3.39. The number of aromatic carboxylic acids is 1. The van der Waals surface area contributed by atoms with Crippen molar-refractivity contribution in [3.63, 3.8) is 0 Å². The Hall–Kier alpha value is -4.81. The molecule has 5 rings (SSSR count). The second-order valence-electron chi connectivity index (χ2n) is 7.89. The van der Waals surface area contributed by atoms with Crippen molar-refractivity contribution in [3.05, 3.63) is 72.8 Å². The predicted molar refractivity (Wildman–Crippen MR) is 120 cm³/mol. The number of nitrogens with two attached hydrogens (primary N) is 2. The number of nitrogens with zero attached hydrogens (tertiary/aromatic N) is 5. The molecule has 1 amide bonds. The zero-order valence-electron chi connectivity index (χ0n) is 17.6. The number of rotatable bonds is 5. The molecule has 3 heterocycles. The highest BCUT2D eigenvalue weighted by Crippen LogP contribution is 2.26. The highest BCUT2D eigenvalue weighted by Gasteiger charge is 2.27. The van der Waals surface area contributed by atoms with Gasteiger partial charge in [0.25, 0.3) is 22.5 Å². The minimum absolute atomic E-state index is 0.00324. The number of carbonyl (C=O) groups is 2. The van der Waals surface area contributed by atoms with Gasteiger partial charge in [0.05, 0.1) is 0 Å². The summed E-state index contributed by atoms with van der Waals surface area (Å²) in [5.41, 5.74) is 12.7. The molecule has 6 N–H and O–H groups in total. The number of hydrogen-bond acceptors (Lipinski definition) is 10. The van der Waals surface area contributed by atoms with Gasteiger partial charge in [-0.3, -0.25) is 14.4 Å². The van der Waals surface area contributed by atoms with Gasteiger partial charge in [-0.15, -0.1) is 5.10 Å². The smallest absolute Gasteiger partial charge is 0.354 e. The van der Waals surface area contributed by atoms with E-state index in [-0.39, 0.29) is 41.0 Å². The summed E-state index contributed by atoms with van der Waals surface area (Å²) < 4.78 is 0.951. The first-order valence-corrected chi connectivity index (χ1v) is 10.2. The Kier molecular flexibility index (Phi) is 4.74. The van der Waals surface area contributed by atoms with E-state index in [1.165, 1.54) is 0 Å². The maximum absolute atomic E-state index is 12.7. The van der Waals surface area contributed by atoms with E-state index in [9.17, 15) is 24.3 Å². The van der Waals surface area contributed by atoms with Crippen molar-refractivity contribution in [2.45, 2.75) is 19.5 Å². The molecular weight excluding hydrogens is 444 g/mol. The van der Waals surface area contributed by atoms with Crippen molar-refractivity contribution in [1.82, 2.24) is 24.9 Å². The SMILES string of the molecule is Nc1nc2nc(C(=O)NCc3ccc4c(c3)CN(c3c(N)c(=O)c3=O)CC4)cc(C(=O)O)n2n1. The van der Waals surface area contributed by atoms with Crippen LogP contribution in [0.1, 0.15) is 37.7 Å². The number of aromatic nitrogens is 4. The highest BCUT2D eigenvalue weighted by atomic mass is 16.4. The maximum Gasteiger partial charge on any atom is 0.354 e. The minimum atomic E-state index is -1.31. The quantitative estimate of drug-likeness (QED) is 0.267. The van der Waals surface area contributed by atoms with Crippen LogP contribution in [0, 0.1) is 0 Å². The number of amides is 1. The molecule has 1 aliphatic rings. The highest BCUT2D eigenvalue weighted by molar-refractivity contribution is 5.95. The molecular formula is C21H18N8O5. The van der Waals surface area contributed by atoms with E-state index in [2.05, 4.69) is 20.4 Å². The fraction of sp³-hybridized carbons (Fsp3) is 0.190. The largest absolute Gasteiger partial charge is 0.477 e. The number of carboxylic acid groups (broad SMARTS) is 1. The van der Waals surface area contributed by atoms with Gasteiger partial charge in [0.1, 0.15) is 17.1 Å². The number of fused-ring (bicyclic) bond motifs is 2. The van der Waals surface area contributed by atoms with Gasteiger partial charge in [0, 0.05) is 25.7 Å². The molecule has 2 aromatic heterocycles. The Morgan fingerprint density at radius 1 is 1.09 bits per heavy atom. The van der Waals surface area contributed by atoms with Gasteiger partial charge < -0.3 is 26.8 Å². The molecule has 4 aromatic rings. The van der Waals surface area contributed by atoms with E-state index in [0.29, 0.717) is 19.5 Å². The van der Waals surface area contributed by atoms with Gasteiger partial charge in [-0.25, -0.2) is 9.78 Å². The van der Waals surface area contributed by atoms with Crippen LogP contribution >= 0.6 is 0 Å². The van der Waals surface area contributed by atoms with Crippen LogP contribution in [0.5, 0.6) is 0 Å². The van der Waals surface area contributed by atoms with Gasteiger partial charge >= 0.3 is 5.97 Å². The second kappa shape index (κ2) is 7.65. The summed E-state index contributed by atoms with van der Waals surface area (Å²) in [6.45, 7) is 1.14. The Balaban J connectivity index is 1.33. The number of nitrogens with one attached hydrogen (secondary N) is 1. The van der Waals surface area contributed by atoms with E-state index in [4.69, 9.17) is 11.5 Å². The lowest BCUT2D eigenvalue weighted by atomic mass is 9.96.